The van der Waals surface area contributed by atoms with Crippen molar-refractivity contribution in [2.24, 2.45) is 5.92 Å². The number of hydrogen-bond acceptors (Lipinski definition) is 5. The molecule has 0 aliphatic carbocycles. The van der Waals surface area contributed by atoms with Crippen molar-refractivity contribution in [3.05, 3.63) is 65.2 Å². The molecule has 1 aliphatic rings. The normalized spacial score (nSPS) is 17.2. The molecule has 1 amide bonds. The van der Waals surface area contributed by atoms with Gasteiger partial charge in [-0.2, -0.15) is 0 Å². The maximum absolute atomic E-state index is 12.3. The van der Waals surface area contributed by atoms with Gasteiger partial charge in [0.2, 0.25) is 5.91 Å². The number of nitrogens with one attached hydrogen (secondary N) is 1. The summed E-state index contributed by atoms with van der Waals surface area (Å²) < 4.78 is 27.8. The van der Waals surface area contributed by atoms with Crippen molar-refractivity contribution in [3.63, 3.8) is 0 Å². The van der Waals surface area contributed by atoms with E-state index in [1.165, 1.54) is 7.11 Å². The Morgan fingerprint density at radius 1 is 1.07 bits per heavy atom. The summed E-state index contributed by atoms with van der Waals surface area (Å²) in [6.45, 7) is 0. The van der Waals surface area contributed by atoms with E-state index in [1.54, 1.807) is 48.5 Å². The van der Waals surface area contributed by atoms with Crippen molar-refractivity contribution in [3.8, 4) is 11.8 Å². The first kappa shape index (κ1) is 19.6. The zero-order valence-corrected chi connectivity index (χ0v) is 16.1. The topological polar surface area (TPSA) is 89.5 Å². The number of rotatable bonds is 3. The predicted octanol–water partition coefficient (Wildman–Crippen LogP) is 2.25. The largest absolute Gasteiger partial charge is 0.465 e. The second-order valence-corrected chi connectivity index (χ2v) is 8.72. The number of carbonyl (C=O) groups is 2. The van der Waals surface area contributed by atoms with Crippen LogP contribution in [-0.4, -0.2) is 38.9 Å². The lowest BCUT2D eigenvalue weighted by Crippen LogP contribution is -2.23. The van der Waals surface area contributed by atoms with Gasteiger partial charge in [0, 0.05) is 16.8 Å². The second kappa shape index (κ2) is 8.28. The Morgan fingerprint density at radius 2 is 1.75 bits per heavy atom. The molecule has 1 N–H and O–H groups in total. The molecule has 0 radical (unpaired) electrons. The third kappa shape index (κ3) is 4.99. The molecule has 1 aliphatic heterocycles. The van der Waals surface area contributed by atoms with Gasteiger partial charge in [-0.1, -0.05) is 24.0 Å². The Kier molecular flexibility index (Phi) is 5.81. The van der Waals surface area contributed by atoms with Crippen LogP contribution in [0.4, 0.5) is 5.69 Å². The molecule has 0 spiro atoms. The minimum absolute atomic E-state index is 0.0568. The molecule has 3 rings (SSSR count). The van der Waals surface area contributed by atoms with Crippen LogP contribution >= 0.6 is 0 Å². The predicted molar refractivity (Wildman–Crippen MR) is 106 cm³/mol. The average Bonchev–Trinajstić information content (AvgIpc) is 3.06. The summed E-state index contributed by atoms with van der Waals surface area (Å²) in [5, 5.41) is 2.76. The lowest BCUT2D eigenvalue weighted by molar-refractivity contribution is -0.119. The number of ether oxygens (including phenoxy) is 1. The first-order chi connectivity index (χ1) is 13.4. The molecule has 0 bridgehead atoms. The molecule has 2 aromatic rings. The monoisotopic (exact) mass is 397 g/mol. The maximum Gasteiger partial charge on any atom is 0.337 e. The van der Waals surface area contributed by atoms with E-state index in [1.807, 2.05) is 0 Å². The number of carbonyl (C=O) groups excluding carboxylic acids is 2. The molecule has 1 fully saturated rings. The summed E-state index contributed by atoms with van der Waals surface area (Å²) in [6, 6.07) is 13.8. The zero-order valence-electron chi connectivity index (χ0n) is 15.3. The van der Waals surface area contributed by atoms with Gasteiger partial charge < -0.3 is 10.1 Å². The number of hydrogen-bond donors (Lipinski definition) is 1. The summed E-state index contributed by atoms with van der Waals surface area (Å²) in [6.07, 6.45) is 0.351. The molecular formula is C21H19NO5S. The first-order valence-corrected chi connectivity index (χ1v) is 10.5. The van der Waals surface area contributed by atoms with Crippen molar-refractivity contribution in [1.29, 1.82) is 0 Å². The van der Waals surface area contributed by atoms with Gasteiger partial charge in [0.15, 0.2) is 9.84 Å². The summed E-state index contributed by atoms with van der Waals surface area (Å²) in [4.78, 5) is 23.9. The molecule has 6 nitrogen and oxygen atoms in total. The van der Waals surface area contributed by atoms with E-state index >= 15 is 0 Å². The smallest absolute Gasteiger partial charge is 0.337 e. The van der Waals surface area contributed by atoms with E-state index in [9.17, 15) is 18.0 Å². The highest BCUT2D eigenvalue weighted by molar-refractivity contribution is 7.91. The molecule has 0 saturated carbocycles. The van der Waals surface area contributed by atoms with Crippen LogP contribution in [0.3, 0.4) is 0 Å². The van der Waals surface area contributed by atoms with Gasteiger partial charge in [-0.05, 0) is 42.8 Å². The SMILES string of the molecule is COC(=O)c1cccc(C#Cc2cccc(NC(=O)[C@@H]3CCS(=O)(=O)C3)c2)c1. The van der Waals surface area contributed by atoms with E-state index in [-0.39, 0.29) is 17.4 Å². The van der Waals surface area contributed by atoms with Crippen LogP contribution in [0.1, 0.15) is 27.9 Å². The highest BCUT2D eigenvalue weighted by Gasteiger charge is 2.32. The van der Waals surface area contributed by atoms with Crippen LogP contribution in [0.2, 0.25) is 0 Å². The van der Waals surface area contributed by atoms with E-state index in [0.29, 0.717) is 28.8 Å². The number of anilines is 1. The highest BCUT2D eigenvalue weighted by Crippen LogP contribution is 2.20. The lowest BCUT2D eigenvalue weighted by atomic mass is 10.1. The fourth-order valence-corrected chi connectivity index (χ4v) is 4.65. The minimum atomic E-state index is -3.11. The van der Waals surface area contributed by atoms with Crippen LogP contribution in [0.25, 0.3) is 0 Å². The van der Waals surface area contributed by atoms with Gasteiger partial charge >= 0.3 is 5.97 Å². The number of amides is 1. The molecule has 28 heavy (non-hydrogen) atoms. The van der Waals surface area contributed by atoms with Gasteiger partial charge in [0.1, 0.15) is 0 Å². The van der Waals surface area contributed by atoms with Crippen LogP contribution in [0.5, 0.6) is 0 Å². The summed E-state index contributed by atoms with van der Waals surface area (Å²) in [5.74, 6) is 4.69. The van der Waals surface area contributed by atoms with Gasteiger partial charge in [-0.15, -0.1) is 0 Å². The third-order valence-corrected chi connectivity index (χ3v) is 6.14. The third-order valence-electron chi connectivity index (χ3n) is 4.37. The number of sulfone groups is 1. The van der Waals surface area contributed by atoms with Gasteiger partial charge in [0.05, 0.1) is 30.1 Å². The fourth-order valence-electron chi connectivity index (χ4n) is 2.91. The fraction of sp³-hybridized carbons (Fsp3) is 0.238. The molecule has 1 saturated heterocycles. The Balaban J connectivity index is 1.72. The molecular weight excluding hydrogens is 378 g/mol. The molecule has 0 unspecified atom stereocenters. The van der Waals surface area contributed by atoms with E-state index in [2.05, 4.69) is 17.2 Å². The molecule has 1 heterocycles. The lowest BCUT2D eigenvalue weighted by Gasteiger charge is -2.09. The van der Waals surface area contributed by atoms with Gasteiger partial charge in [-0.3, -0.25) is 4.79 Å². The van der Waals surface area contributed by atoms with Crippen LogP contribution < -0.4 is 5.32 Å². The zero-order chi connectivity index (χ0) is 20.1. The molecule has 0 aromatic heterocycles. The Morgan fingerprint density at radius 3 is 2.39 bits per heavy atom. The van der Waals surface area contributed by atoms with Crippen LogP contribution in [0.15, 0.2) is 48.5 Å². The molecule has 2 aromatic carbocycles. The van der Waals surface area contributed by atoms with Gasteiger partial charge in [0.25, 0.3) is 0 Å². The molecule has 144 valence electrons. The van der Waals surface area contributed by atoms with Crippen LogP contribution in [-0.2, 0) is 19.4 Å². The summed E-state index contributed by atoms with van der Waals surface area (Å²) in [7, 11) is -1.79. The average molecular weight is 397 g/mol. The quantitative estimate of drug-likeness (QED) is 0.634. The first-order valence-electron chi connectivity index (χ1n) is 8.68. The Hall–Kier alpha value is -3.11. The Labute approximate surface area is 163 Å². The second-order valence-electron chi connectivity index (χ2n) is 6.49. The van der Waals surface area contributed by atoms with Crippen molar-refractivity contribution in [2.75, 3.05) is 23.9 Å². The van der Waals surface area contributed by atoms with Crippen molar-refractivity contribution >= 4 is 27.4 Å². The van der Waals surface area contributed by atoms with E-state index in [4.69, 9.17) is 4.74 Å². The minimum Gasteiger partial charge on any atom is -0.465 e. The molecule has 7 heteroatoms. The standard InChI is InChI=1S/C21H19NO5S/c1-27-21(24)17-6-2-4-15(12-17)8-9-16-5-3-7-19(13-16)22-20(23)18-10-11-28(25,26)14-18/h2-7,12-13,18H,10-11,14H2,1H3,(H,22,23)/t18-/m1/s1. The number of esters is 1. The summed E-state index contributed by atoms with van der Waals surface area (Å²) in [5.41, 5.74) is 2.32. The van der Waals surface area contributed by atoms with Crippen molar-refractivity contribution < 1.29 is 22.7 Å². The molecule has 1 atom stereocenters. The highest BCUT2D eigenvalue weighted by atomic mass is 32.2. The van der Waals surface area contributed by atoms with Crippen molar-refractivity contribution in [1.82, 2.24) is 0 Å². The van der Waals surface area contributed by atoms with E-state index in [0.717, 1.165) is 0 Å². The van der Waals surface area contributed by atoms with Crippen LogP contribution in [0, 0.1) is 17.8 Å². The number of benzene rings is 2. The van der Waals surface area contributed by atoms with Gasteiger partial charge in [-0.25, -0.2) is 13.2 Å². The Bertz CT molecular complexity index is 1080. The van der Waals surface area contributed by atoms with Crippen molar-refractivity contribution in [2.45, 2.75) is 6.42 Å². The van der Waals surface area contributed by atoms with E-state index < -0.39 is 21.7 Å². The maximum atomic E-state index is 12.3. The number of methoxy groups -OCH3 is 1. The summed E-state index contributed by atoms with van der Waals surface area (Å²) >= 11 is 0.